The quantitative estimate of drug-likeness (QED) is 0.814. The van der Waals surface area contributed by atoms with Gasteiger partial charge in [0.05, 0.1) is 6.10 Å². The number of aliphatic hydroxyl groups is 1. The van der Waals surface area contributed by atoms with Crippen LogP contribution in [0, 0.1) is 0 Å². The molecule has 3 N–H and O–H groups in total. The number of benzene rings is 1. The first-order valence-electron chi connectivity index (χ1n) is 4.77. The maximum Gasteiger partial charge on any atom is 0.0940 e. The van der Waals surface area contributed by atoms with Crippen molar-refractivity contribution in [1.29, 1.82) is 0 Å². The first-order valence-corrected chi connectivity index (χ1v) is 5.89. The van der Waals surface area contributed by atoms with Gasteiger partial charge < -0.3 is 10.8 Å². The minimum atomic E-state index is -0.552. The Kier molecular flexibility index (Phi) is 4.58. The predicted octanol–water partition coefficient (Wildman–Crippen LogP) is 2.35. The van der Waals surface area contributed by atoms with Crippen molar-refractivity contribution < 1.29 is 5.11 Å². The lowest BCUT2D eigenvalue weighted by Gasteiger charge is -2.17. The zero-order valence-corrected chi connectivity index (χ0v) is 9.87. The van der Waals surface area contributed by atoms with E-state index >= 15 is 0 Å². The highest BCUT2D eigenvalue weighted by molar-refractivity contribution is 9.08. The van der Waals surface area contributed by atoms with Gasteiger partial charge in [0.15, 0.2) is 0 Å². The van der Waals surface area contributed by atoms with Gasteiger partial charge in [-0.05, 0) is 17.5 Å². The summed E-state index contributed by atoms with van der Waals surface area (Å²) in [5.41, 5.74) is 7.85. The third-order valence-electron chi connectivity index (χ3n) is 2.35. The minimum absolute atomic E-state index is 0.176. The molecule has 2 nitrogen and oxygen atoms in total. The van der Waals surface area contributed by atoms with Gasteiger partial charge in [-0.3, -0.25) is 0 Å². The van der Waals surface area contributed by atoms with Gasteiger partial charge in [0, 0.05) is 11.4 Å². The summed E-state index contributed by atoms with van der Waals surface area (Å²) in [4.78, 5) is 0. The number of alkyl halides is 1. The summed E-state index contributed by atoms with van der Waals surface area (Å²) in [5, 5.41) is 10.7. The standard InChI is InChI=1S/C11H16BrNO/c1-2-10(13)11(14)9-5-3-8(7-12)4-6-9/h3-6,10-11,14H,2,7,13H2,1H3. The molecule has 0 aliphatic heterocycles. The van der Waals surface area contributed by atoms with E-state index in [9.17, 15) is 5.11 Å². The summed E-state index contributed by atoms with van der Waals surface area (Å²) in [7, 11) is 0. The Morgan fingerprint density at radius 3 is 2.36 bits per heavy atom. The van der Waals surface area contributed by atoms with Crippen LogP contribution in [0.15, 0.2) is 24.3 Å². The first kappa shape index (κ1) is 11.7. The Hall–Kier alpha value is -0.380. The third kappa shape index (κ3) is 2.80. The van der Waals surface area contributed by atoms with Crippen LogP contribution in [0.3, 0.4) is 0 Å². The number of nitrogens with two attached hydrogens (primary N) is 1. The summed E-state index contributed by atoms with van der Waals surface area (Å²) in [6.45, 7) is 1.97. The van der Waals surface area contributed by atoms with E-state index < -0.39 is 6.10 Å². The summed E-state index contributed by atoms with van der Waals surface area (Å²) in [6.07, 6.45) is 0.228. The van der Waals surface area contributed by atoms with Crippen molar-refractivity contribution in [3.05, 3.63) is 35.4 Å². The Balaban J connectivity index is 2.75. The van der Waals surface area contributed by atoms with Gasteiger partial charge in [-0.15, -0.1) is 0 Å². The van der Waals surface area contributed by atoms with Crippen LogP contribution < -0.4 is 5.73 Å². The van der Waals surface area contributed by atoms with E-state index in [1.165, 1.54) is 5.56 Å². The maximum atomic E-state index is 9.82. The number of halogens is 1. The zero-order chi connectivity index (χ0) is 10.6. The number of rotatable bonds is 4. The highest BCUT2D eigenvalue weighted by Crippen LogP contribution is 2.18. The number of hydrogen-bond acceptors (Lipinski definition) is 2. The second-order valence-corrected chi connectivity index (χ2v) is 3.95. The molecule has 0 aliphatic carbocycles. The summed E-state index contributed by atoms with van der Waals surface area (Å²) < 4.78 is 0. The van der Waals surface area contributed by atoms with Gasteiger partial charge in [0.25, 0.3) is 0 Å². The van der Waals surface area contributed by atoms with Crippen molar-refractivity contribution >= 4 is 15.9 Å². The molecular formula is C11H16BrNO. The van der Waals surface area contributed by atoms with Crippen LogP contribution in [0.4, 0.5) is 0 Å². The molecule has 0 spiro atoms. The fourth-order valence-corrected chi connectivity index (χ4v) is 1.65. The monoisotopic (exact) mass is 257 g/mol. The topological polar surface area (TPSA) is 46.2 Å². The van der Waals surface area contributed by atoms with Gasteiger partial charge >= 0.3 is 0 Å². The highest BCUT2D eigenvalue weighted by atomic mass is 79.9. The van der Waals surface area contributed by atoms with Gasteiger partial charge in [-0.2, -0.15) is 0 Å². The molecule has 0 fully saturated rings. The molecule has 3 heteroatoms. The predicted molar refractivity (Wildman–Crippen MR) is 62.3 cm³/mol. The van der Waals surface area contributed by atoms with E-state index in [0.717, 1.165) is 17.3 Å². The molecule has 0 saturated heterocycles. The van der Waals surface area contributed by atoms with Gasteiger partial charge in [-0.25, -0.2) is 0 Å². The Labute approximate surface area is 93.3 Å². The Morgan fingerprint density at radius 1 is 1.36 bits per heavy atom. The van der Waals surface area contributed by atoms with Crippen molar-refractivity contribution in [1.82, 2.24) is 0 Å². The molecule has 1 aromatic carbocycles. The molecule has 0 bridgehead atoms. The molecule has 0 amide bonds. The molecule has 2 unspecified atom stereocenters. The zero-order valence-electron chi connectivity index (χ0n) is 8.28. The highest BCUT2D eigenvalue weighted by Gasteiger charge is 2.14. The number of aliphatic hydroxyl groups excluding tert-OH is 1. The smallest absolute Gasteiger partial charge is 0.0940 e. The SMILES string of the molecule is CCC(N)C(O)c1ccc(CBr)cc1. The van der Waals surface area contributed by atoms with Crippen LogP contribution in [0.5, 0.6) is 0 Å². The van der Waals surface area contributed by atoms with Crippen molar-refractivity contribution in [2.45, 2.75) is 30.8 Å². The molecule has 0 aliphatic rings. The lowest BCUT2D eigenvalue weighted by molar-refractivity contribution is 0.144. The van der Waals surface area contributed by atoms with Crippen molar-refractivity contribution in [2.24, 2.45) is 5.73 Å². The molecular weight excluding hydrogens is 242 g/mol. The normalized spacial score (nSPS) is 15.1. The van der Waals surface area contributed by atoms with Crippen LogP contribution in [0.25, 0.3) is 0 Å². The molecule has 0 radical (unpaired) electrons. The largest absolute Gasteiger partial charge is 0.387 e. The van der Waals surface area contributed by atoms with Gasteiger partial charge in [0.2, 0.25) is 0 Å². The fourth-order valence-electron chi connectivity index (χ4n) is 1.27. The molecule has 0 heterocycles. The molecule has 1 rings (SSSR count). The Bertz CT molecular complexity index is 273. The van der Waals surface area contributed by atoms with Crippen LogP contribution in [0.2, 0.25) is 0 Å². The van der Waals surface area contributed by atoms with Gasteiger partial charge in [0.1, 0.15) is 0 Å². The molecule has 2 atom stereocenters. The van der Waals surface area contributed by atoms with Crippen molar-refractivity contribution in [3.63, 3.8) is 0 Å². The maximum absolute atomic E-state index is 9.82. The fraction of sp³-hybridized carbons (Fsp3) is 0.455. The Morgan fingerprint density at radius 2 is 1.93 bits per heavy atom. The van der Waals surface area contributed by atoms with Crippen molar-refractivity contribution in [2.75, 3.05) is 0 Å². The molecule has 0 aromatic heterocycles. The average Bonchev–Trinajstić information content (AvgIpc) is 2.27. The minimum Gasteiger partial charge on any atom is -0.387 e. The van der Waals surface area contributed by atoms with Crippen molar-refractivity contribution in [3.8, 4) is 0 Å². The molecule has 78 valence electrons. The van der Waals surface area contributed by atoms with Crippen LogP contribution >= 0.6 is 15.9 Å². The third-order valence-corrected chi connectivity index (χ3v) is 3.00. The van der Waals surface area contributed by atoms with Gasteiger partial charge in [-0.1, -0.05) is 47.1 Å². The lowest BCUT2D eigenvalue weighted by Crippen LogP contribution is -2.27. The van der Waals surface area contributed by atoms with Crippen LogP contribution in [-0.4, -0.2) is 11.1 Å². The summed E-state index contributed by atoms with van der Waals surface area (Å²) in [6, 6.07) is 7.67. The van der Waals surface area contributed by atoms with E-state index in [1.54, 1.807) is 0 Å². The number of hydrogen-bond donors (Lipinski definition) is 2. The van der Waals surface area contributed by atoms with E-state index in [-0.39, 0.29) is 6.04 Å². The lowest BCUT2D eigenvalue weighted by atomic mass is 10.0. The van der Waals surface area contributed by atoms with Crippen LogP contribution in [-0.2, 0) is 5.33 Å². The van der Waals surface area contributed by atoms with E-state index in [4.69, 9.17) is 5.73 Å². The van der Waals surface area contributed by atoms with E-state index in [1.807, 2.05) is 31.2 Å². The van der Waals surface area contributed by atoms with Crippen LogP contribution in [0.1, 0.15) is 30.6 Å². The molecule has 14 heavy (non-hydrogen) atoms. The summed E-state index contributed by atoms with van der Waals surface area (Å²) in [5.74, 6) is 0. The van der Waals surface area contributed by atoms with E-state index in [0.29, 0.717) is 0 Å². The average molecular weight is 258 g/mol. The first-order chi connectivity index (χ1) is 6.69. The second kappa shape index (κ2) is 5.49. The molecule has 0 saturated carbocycles. The summed E-state index contributed by atoms with van der Waals surface area (Å²) >= 11 is 3.37. The second-order valence-electron chi connectivity index (χ2n) is 3.39. The van der Waals surface area contributed by atoms with E-state index in [2.05, 4.69) is 15.9 Å². The molecule has 1 aromatic rings.